The van der Waals surface area contributed by atoms with Crippen molar-refractivity contribution in [2.24, 2.45) is 5.14 Å². The van der Waals surface area contributed by atoms with Crippen molar-refractivity contribution in [1.29, 1.82) is 0 Å². The van der Waals surface area contributed by atoms with Crippen molar-refractivity contribution in [3.8, 4) is 0 Å². The first-order valence-electron chi connectivity index (χ1n) is 4.83. The zero-order valence-corrected chi connectivity index (χ0v) is 10.6. The topological polar surface area (TPSA) is 95.7 Å². The van der Waals surface area contributed by atoms with Crippen LogP contribution < -0.4 is 5.14 Å². The third-order valence-electron chi connectivity index (χ3n) is 2.28. The van der Waals surface area contributed by atoms with Gasteiger partial charge in [-0.2, -0.15) is 0 Å². The van der Waals surface area contributed by atoms with Crippen LogP contribution >= 0.6 is 11.3 Å². The lowest BCUT2D eigenvalue weighted by molar-refractivity contribution is -0.184. The molecule has 2 N–H and O–H groups in total. The first-order chi connectivity index (χ1) is 7.89. The van der Waals surface area contributed by atoms with Gasteiger partial charge in [0.05, 0.1) is 6.61 Å². The minimum atomic E-state index is -3.92. The number of rotatable bonds is 3. The van der Waals surface area contributed by atoms with Crippen molar-refractivity contribution in [2.75, 3.05) is 6.61 Å². The van der Waals surface area contributed by atoms with E-state index in [1.165, 1.54) is 0 Å². The highest BCUT2D eigenvalue weighted by atomic mass is 32.2. The first-order valence-corrected chi connectivity index (χ1v) is 7.25. The molecule has 0 aliphatic carbocycles. The Bertz CT molecular complexity index is 544. The summed E-state index contributed by atoms with van der Waals surface area (Å²) >= 11 is 0.998. The maximum atomic E-state index is 11.7. The van der Waals surface area contributed by atoms with E-state index in [2.05, 4.69) is 0 Å². The van der Waals surface area contributed by atoms with Crippen LogP contribution in [0.1, 0.15) is 21.7 Å². The number of sulfonamides is 1. The number of carbonyl (C=O) groups is 1. The van der Waals surface area contributed by atoms with Gasteiger partial charge in [0.1, 0.15) is 9.77 Å². The second-order valence-electron chi connectivity index (χ2n) is 3.62. The number of hydrogen-bond acceptors (Lipinski definition) is 6. The van der Waals surface area contributed by atoms with Crippen LogP contribution in [0, 0.1) is 6.92 Å². The Hall–Kier alpha value is -0.960. The fourth-order valence-electron chi connectivity index (χ4n) is 1.41. The van der Waals surface area contributed by atoms with Crippen LogP contribution in [0.25, 0.3) is 0 Å². The Morgan fingerprint density at radius 2 is 2.29 bits per heavy atom. The fourth-order valence-corrected chi connectivity index (χ4v) is 3.65. The molecule has 1 aromatic rings. The van der Waals surface area contributed by atoms with Crippen LogP contribution in [-0.2, 0) is 19.5 Å². The fraction of sp³-hybridized carbons (Fsp3) is 0.444. The van der Waals surface area contributed by atoms with Crippen molar-refractivity contribution in [3.63, 3.8) is 0 Å². The number of esters is 1. The summed E-state index contributed by atoms with van der Waals surface area (Å²) in [6.07, 6.45) is 0.0547. The zero-order valence-electron chi connectivity index (χ0n) is 9.00. The molecule has 94 valence electrons. The van der Waals surface area contributed by atoms with Gasteiger partial charge in [-0.25, -0.2) is 18.4 Å². The molecule has 2 heterocycles. The molecule has 1 unspecified atom stereocenters. The van der Waals surface area contributed by atoms with E-state index in [0.717, 1.165) is 11.3 Å². The molecule has 0 bridgehead atoms. The lowest BCUT2D eigenvalue weighted by Gasteiger charge is -2.25. The molecule has 0 aromatic carbocycles. The molecule has 17 heavy (non-hydrogen) atoms. The maximum Gasteiger partial charge on any atom is 0.352 e. The van der Waals surface area contributed by atoms with Gasteiger partial charge >= 0.3 is 5.97 Å². The van der Waals surface area contributed by atoms with E-state index in [-0.39, 0.29) is 9.77 Å². The van der Waals surface area contributed by atoms with Crippen molar-refractivity contribution >= 4 is 27.3 Å². The molecule has 1 fully saturated rings. The molecule has 1 aliphatic rings. The van der Waals surface area contributed by atoms with E-state index < -0.39 is 22.3 Å². The molecular weight excluding hydrogens is 266 g/mol. The molecule has 0 saturated carbocycles. The number of carbonyl (C=O) groups excluding carboxylic acids is 1. The first kappa shape index (κ1) is 12.5. The second-order valence-corrected chi connectivity index (χ2v) is 5.99. The molecule has 0 spiro atoms. The number of primary sulfonamides is 1. The van der Waals surface area contributed by atoms with Gasteiger partial charge in [0, 0.05) is 6.42 Å². The van der Waals surface area contributed by atoms with Gasteiger partial charge in [-0.15, -0.1) is 11.3 Å². The summed E-state index contributed by atoms with van der Waals surface area (Å²) in [4.78, 5) is 11.6. The predicted octanol–water partition coefficient (Wildman–Crippen LogP) is 0.607. The maximum absolute atomic E-state index is 11.7. The van der Waals surface area contributed by atoms with Crippen LogP contribution in [0.15, 0.2) is 10.3 Å². The summed E-state index contributed by atoms with van der Waals surface area (Å²) in [7, 11) is -3.92. The largest absolute Gasteiger partial charge is 0.431 e. The van der Waals surface area contributed by atoms with Crippen molar-refractivity contribution in [1.82, 2.24) is 0 Å². The summed E-state index contributed by atoms with van der Waals surface area (Å²) in [5.74, 6) is -0.711. The Morgan fingerprint density at radius 1 is 1.65 bits per heavy atom. The summed E-state index contributed by atoms with van der Waals surface area (Å²) in [6.45, 7) is 2.12. The Morgan fingerprint density at radius 3 is 2.76 bits per heavy atom. The van der Waals surface area contributed by atoms with Gasteiger partial charge in [0.25, 0.3) is 0 Å². The number of hydrogen-bond donors (Lipinski definition) is 1. The molecular formula is C9H11NO5S2. The highest BCUT2D eigenvalue weighted by Gasteiger charge is 2.29. The monoisotopic (exact) mass is 277 g/mol. The average Bonchev–Trinajstić information content (AvgIpc) is 2.52. The lowest BCUT2D eigenvalue weighted by atomic mass is 10.3. The summed E-state index contributed by atoms with van der Waals surface area (Å²) in [5, 5.41) is 6.61. The molecule has 1 saturated heterocycles. The number of aryl methyl sites for hydroxylation is 1. The van der Waals surface area contributed by atoms with E-state index in [1.54, 1.807) is 12.3 Å². The van der Waals surface area contributed by atoms with Crippen molar-refractivity contribution in [2.45, 2.75) is 24.5 Å². The highest BCUT2D eigenvalue weighted by Crippen LogP contribution is 2.27. The van der Waals surface area contributed by atoms with E-state index >= 15 is 0 Å². The normalized spacial score (nSPS) is 19.8. The number of nitrogens with two attached hydrogens (primary N) is 1. The zero-order chi connectivity index (χ0) is 12.6. The van der Waals surface area contributed by atoms with Crippen LogP contribution in [0.4, 0.5) is 0 Å². The van der Waals surface area contributed by atoms with E-state index in [4.69, 9.17) is 14.6 Å². The van der Waals surface area contributed by atoms with Crippen LogP contribution in [0.3, 0.4) is 0 Å². The van der Waals surface area contributed by atoms with Gasteiger partial charge in [-0.1, -0.05) is 0 Å². The van der Waals surface area contributed by atoms with E-state index in [9.17, 15) is 13.2 Å². The molecule has 2 rings (SSSR count). The molecule has 1 aromatic heterocycles. The SMILES string of the molecule is Cc1csc(C(=O)OC2CCO2)c1S(N)(=O)=O. The molecule has 8 heteroatoms. The van der Waals surface area contributed by atoms with E-state index in [1.807, 2.05) is 0 Å². The summed E-state index contributed by atoms with van der Waals surface area (Å²) in [5.41, 5.74) is 0.443. The molecule has 1 aliphatic heterocycles. The quantitative estimate of drug-likeness (QED) is 0.816. The standard InChI is InChI=1S/C9H11NO5S2/c1-5-4-16-7(8(5)17(10,12)13)9(11)15-6-2-3-14-6/h4,6H,2-3H2,1H3,(H2,10,12,13). The minimum Gasteiger partial charge on any atom is -0.431 e. The van der Waals surface area contributed by atoms with Crippen molar-refractivity contribution < 1.29 is 22.7 Å². The van der Waals surface area contributed by atoms with E-state index in [0.29, 0.717) is 18.6 Å². The van der Waals surface area contributed by atoms with Crippen molar-refractivity contribution in [3.05, 3.63) is 15.8 Å². The molecule has 0 radical (unpaired) electrons. The lowest BCUT2D eigenvalue weighted by Crippen LogP contribution is -2.32. The average molecular weight is 277 g/mol. The predicted molar refractivity (Wildman–Crippen MR) is 60.2 cm³/mol. The van der Waals surface area contributed by atoms with Gasteiger partial charge in [0.15, 0.2) is 0 Å². The van der Waals surface area contributed by atoms with Crippen LogP contribution in [-0.4, -0.2) is 27.3 Å². The van der Waals surface area contributed by atoms with Gasteiger partial charge in [-0.3, -0.25) is 0 Å². The third-order valence-corrected chi connectivity index (χ3v) is 4.59. The Balaban J connectivity index is 2.29. The molecule has 1 atom stereocenters. The molecule has 0 amide bonds. The van der Waals surface area contributed by atoms with Crippen LogP contribution in [0.2, 0.25) is 0 Å². The summed E-state index contributed by atoms with van der Waals surface area (Å²) < 4.78 is 32.6. The molecule has 6 nitrogen and oxygen atoms in total. The van der Waals surface area contributed by atoms with Gasteiger partial charge < -0.3 is 9.47 Å². The van der Waals surface area contributed by atoms with Gasteiger partial charge in [-0.05, 0) is 17.9 Å². The Kier molecular flexibility index (Phi) is 3.21. The highest BCUT2D eigenvalue weighted by molar-refractivity contribution is 7.89. The Labute approximate surface area is 102 Å². The smallest absolute Gasteiger partial charge is 0.352 e. The second kappa shape index (κ2) is 4.37. The summed E-state index contributed by atoms with van der Waals surface area (Å²) in [6, 6.07) is 0. The minimum absolute atomic E-state index is 0.000463. The number of thiophene rings is 1. The number of ether oxygens (including phenoxy) is 2. The van der Waals surface area contributed by atoms with Gasteiger partial charge in [0.2, 0.25) is 16.3 Å². The third kappa shape index (κ3) is 2.49. The van der Waals surface area contributed by atoms with Crippen LogP contribution in [0.5, 0.6) is 0 Å².